The minimum Gasteiger partial charge on any atom is -0.337 e. The molecule has 1 amide bonds. The lowest BCUT2D eigenvalue weighted by Gasteiger charge is -2.08. The lowest BCUT2D eigenvalue weighted by Crippen LogP contribution is -2.34. The van der Waals surface area contributed by atoms with E-state index in [4.69, 9.17) is 0 Å². The van der Waals surface area contributed by atoms with Crippen LogP contribution in [0, 0.1) is 0 Å². The fourth-order valence-corrected chi connectivity index (χ4v) is 1.58. The van der Waals surface area contributed by atoms with Crippen LogP contribution in [-0.4, -0.2) is 16.6 Å². The highest BCUT2D eigenvalue weighted by Crippen LogP contribution is 2.07. The third-order valence-corrected chi connectivity index (χ3v) is 2.26. The Kier molecular flexibility index (Phi) is 3.83. The number of amides is 1. The van der Waals surface area contributed by atoms with Gasteiger partial charge in [-0.3, -0.25) is 9.59 Å². The van der Waals surface area contributed by atoms with Crippen molar-refractivity contribution in [2.24, 2.45) is 0 Å². The number of hydrogen-bond donors (Lipinski definition) is 1. The number of nitrogens with one attached hydrogen (secondary N) is 1. The van der Waals surface area contributed by atoms with Gasteiger partial charge in [0.15, 0.2) is 5.78 Å². The average molecular weight is 256 g/mol. The van der Waals surface area contributed by atoms with E-state index in [0.29, 0.717) is 5.56 Å². The first-order valence-corrected chi connectivity index (χ1v) is 5.03. The molecule has 0 aromatic heterocycles. The molecule has 0 aliphatic heterocycles. The summed E-state index contributed by atoms with van der Waals surface area (Å²) in [5.74, 6) is -0.392. The fourth-order valence-electron chi connectivity index (χ4n) is 0.993. The summed E-state index contributed by atoms with van der Waals surface area (Å²) < 4.78 is 0. The second-order valence-corrected chi connectivity index (χ2v) is 3.71. The van der Waals surface area contributed by atoms with E-state index >= 15 is 0 Å². The van der Waals surface area contributed by atoms with Crippen molar-refractivity contribution >= 4 is 27.6 Å². The summed E-state index contributed by atoms with van der Waals surface area (Å²) in [6, 6.07) is 8.80. The Morgan fingerprint density at radius 3 is 2.36 bits per heavy atom. The summed E-state index contributed by atoms with van der Waals surface area (Å²) >= 11 is 3.10. The first-order chi connectivity index (χ1) is 6.61. The molecular formula is C10H10BrNO2. The minimum atomic E-state index is -0.651. The Morgan fingerprint density at radius 1 is 1.29 bits per heavy atom. The molecule has 0 saturated heterocycles. The molecule has 1 aromatic rings. The summed E-state index contributed by atoms with van der Waals surface area (Å²) in [5, 5.41) is 2.47. The van der Waals surface area contributed by atoms with E-state index in [9.17, 15) is 9.59 Å². The van der Waals surface area contributed by atoms with E-state index in [2.05, 4.69) is 21.2 Å². The van der Waals surface area contributed by atoms with Crippen LogP contribution in [-0.2, 0) is 4.79 Å². The van der Waals surface area contributed by atoms with Crippen molar-refractivity contribution in [3.63, 3.8) is 0 Å². The number of alkyl halides is 1. The van der Waals surface area contributed by atoms with Gasteiger partial charge in [0.1, 0.15) is 4.95 Å². The number of ketones is 1. The van der Waals surface area contributed by atoms with E-state index in [-0.39, 0.29) is 11.7 Å². The van der Waals surface area contributed by atoms with Crippen LogP contribution < -0.4 is 5.32 Å². The van der Waals surface area contributed by atoms with Gasteiger partial charge in [-0.1, -0.05) is 46.3 Å². The summed E-state index contributed by atoms with van der Waals surface area (Å²) in [6.07, 6.45) is 0. The number of Topliss-reactive ketones (excluding diaryl/α,β-unsaturated/α-hetero) is 1. The smallest absolute Gasteiger partial charge is 0.218 e. The van der Waals surface area contributed by atoms with Gasteiger partial charge in [0, 0.05) is 12.5 Å². The van der Waals surface area contributed by atoms with Gasteiger partial charge in [-0.25, -0.2) is 0 Å². The van der Waals surface area contributed by atoms with Crippen molar-refractivity contribution in [3.8, 4) is 0 Å². The minimum absolute atomic E-state index is 0.152. The largest absolute Gasteiger partial charge is 0.337 e. The van der Waals surface area contributed by atoms with Gasteiger partial charge in [-0.15, -0.1) is 0 Å². The molecule has 0 aliphatic carbocycles. The molecule has 0 bridgehead atoms. The molecule has 3 nitrogen and oxygen atoms in total. The van der Waals surface area contributed by atoms with Crippen LogP contribution in [0.1, 0.15) is 17.3 Å². The molecule has 0 heterocycles. The quantitative estimate of drug-likeness (QED) is 0.508. The highest BCUT2D eigenvalue weighted by molar-refractivity contribution is 9.10. The number of hydrogen-bond acceptors (Lipinski definition) is 2. The Hall–Kier alpha value is -1.16. The van der Waals surface area contributed by atoms with Crippen LogP contribution in [0.15, 0.2) is 30.3 Å². The zero-order chi connectivity index (χ0) is 10.6. The summed E-state index contributed by atoms with van der Waals surface area (Å²) in [5.41, 5.74) is 0.572. The molecule has 1 aromatic carbocycles. The highest BCUT2D eigenvalue weighted by Gasteiger charge is 2.16. The predicted molar refractivity (Wildman–Crippen MR) is 57.3 cm³/mol. The lowest BCUT2D eigenvalue weighted by atomic mass is 10.1. The number of carbonyl (C=O) groups excluding carboxylic acids is 2. The monoisotopic (exact) mass is 255 g/mol. The summed E-state index contributed by atoms with van der Waals surface area (Å²) in [7, 11) is 0. The third kappa shape index (κ3) is 2.96. The first-order valence-electron chi connectivity index (χ1n) is 4.11. The maximum Gasteiger partial charge on any atom is 0.218 e. The molecule has 1 N–H and O–H groups in total. The van der Waals surface area contributed by atoms with Crippen LogP contribution in [0.2, 0.25) is 0 Å². The van der Waals surface area contributed by atoms with E-state index < -0.39 is 4.95 Å². The van der Waals surface area contributed by atoms with Gasteiger partial charge in [-0.2, -0.15) is 0 Å². The Bertz CT molecular complexity index is 337. The maximum absolute atomic E-state index is 11.6. The van der Waals surface area contributed by atoms with Crippen molar-refractivity contribution in [2.75, 3.05) is 0 Å². The number of halogens is 1. The van der Waals surface area contributed by atoms with Gasteiger partial charge in [-0.05, 0) is 0 Å². The molecule has 0 spiro atoms. The molecule has 14 heavy (non-hydrogen) atoms. The predicted octanol–water partition coefficient (Wildman–Crippen LogP) is 1.73. The van der Waals surface area contributed by atoms with Crippen molar-refractivity contribution in [3.05, 3.63) is 35.9 Å². The van der Waals surface area contributed by atoms with E-state index in [1.165, 1.54) is 6.92 Å². The second-order valence-electron chi connectivity index (χ2n) is 2.79. The zero-order valence-electron chi connectivity index (χ0n) is 7.66. The zero-order valence-corrected chi connectivity index (χ0v) is 9.24. The van der Waals surface area contributed by atoms with Crippen molar-refractivity contribution in [1.82, 2.24) is 5.32 Å². The molecule has 0 radical (unpaired) electrons. The molecule has 1 atom stereocenters. The van der Waals surface area contributed by atoms with Gasteiger partial charge < -0.3 is 5.32 Å². The average Bonchev–Trinajstić information content (AvgIpc) is 2.17. The van der Waals surface area contributed by atoms with Crippen molar-refractivity contribution < 1.29 is 9.59 Å². The van der Waals surface area contributed by atoms with Gasteiger partial charge in [0.05, 0.1) is 0 Å². The number of rotatable bonds is 3. The SMILES string of the molecule is CC(=O)NC(Br)C(=O)c1ccccc1. The molecule has 1 unspecified atom stereocenters. The van der Waals surface area contributed by atoms with Crippen LogP contribution in [0.5, 0.6) is 0 Å². The van der Waals surface area contributed by atoms with E-state index in [0.717, 1.165) is 0 Å². The Balaban J connectivity index is 2.71. The van der Waals surface area contributed by atoms with Crippen LogP contribution in [0.4, 0.5) is 0 Å². The van der Waals surface area contributed by atoms with Gasteiger partial charge >= 0.3 is 0 Å². The fraction of sp³-hybridized carbons (Fsp3) is 0.200. The standard InChI is InChI=1S/C10H10BrNO2/c1-7(13)12-10(11)9(14)8-5-3-2-4-6-8/h2-6,10H,1H3,(H,12,13). The van der Waals surface area contributed by atoms with E-state index in [1.807, 2.05) is 6.07 Å². The molecule has 0 fully saturated rings. The normalized spacial score (nSPS) is 11.9. The van der Waals surface area contributed by atoms with Gasteiger partial charge in [0.2, 0.25) is 5.91 Å². The number of benzene rings is 1. The first kappa shape index (κ1) is 10.9. The Labute approximate surface area is 90.6 Å². The maximum atomic E-state index is 11.6. The van der Waals surface area contributed by atoms with Crippen LogP contribution in [0.3, 0.4) is 0 Å². The Morgan fingerprint density at radius 2 is 1.86 bits per heavy atom. The molecular weight excluding hydrogens is 246 g/mol. The third-order valence-electron chi connectivity index (χ3n) is 1.62. The molecule has 0 saturated carbocycles. The topological polar surface area (TPSA) is 46.2 Å². The van der Waals surface area contributed by atoms with E-state index in [1.54, 1.807) is 24.3 Å². The van der Waals surface area contributed by atoms with Gasteiger partial charge in [0.25, 0.3) is 0 Å². The molecule has 4 heteroatoms. The lowest BCUT2D eigenvalue weighted by molar-refractivity contribution is -0.118. The van der Waals surface area contributed by atoms with Crippen LogP contribution >= 0.6 is 15.9 Å². The summed E-state index contributed by atoms with van der Waals surface area (Å²) in [6.45, 7) is 1.37. The summed E-state index contributed by atoms with van der Waals surface area (Å²) in [4.78, 5) is 21.7. The molecule has 1 rings (SSSR count). The number of carbonyl (C=O) groups is 2. The molecule has 74 valence electrons. The molecule has 0 aliphatic rings. The van der Waals surface area contributed by atoms with Crippen molar-refractivity contribution in [2.45, 2.75) is 11.9 Å². The van der Waals surface area contributed by atoms with Crippen molar-refractivity contribution in [1.29, 1.82) is 0 Å². The van der Waals surface area contributed by atoms with Crippen LogP contribution in [0.25, 0.3) is 0 Å². The highest BCUT2D eigenvalue weighted by atomic mass is 79.9. The second kappa shape index (κ2) is 4.91.